The molecular weight excluding hydrogens is 140 g/mol. The molecule has 0 aromatic rings. The summed E-state index contributed by atoms with van der Waals surface area (Å²) in [7, 11) is 5.90. The van der Waals surface area contributed by atoms with Gasteiger partial charge in [-0.15, -0.1) is 0 Å². The van der Waals surface area contributed by atoms with Gasteiger partial charge in [0.2, 0.25) is 0 Å². The van der Waals surface area contributed by atoms with Gasteiger partial charge in [-0.3, -0.25) is 0 Å². The van der Waals surface area contributed by atoms with Gasteiger partial charge < -0.3 is 15.3 Å². The summed E-state index contributed by atoms with van der Waals surface area (Å²) >= 11 is 0. The third-order valence-corrected chi connectivity index (χ3v) is 1.82. The van der Waals surface area contributed by atoms with Gasteiger partial charge in [-0.2, -0.15) is 0 Å². The lowest BCUT2D eigenvalue weighted by Gasteiger charge is -2.24. The van der Waals surface area contributed by atoms with E-state index in [0.29, 0.717) is 0 Å². The predicted octanol–water partition coefficient (Wildman–Crippen LogP) is -0.0931. The fourth-order valence-electron chi connectivity index (χ4n) is 1.08. The highest BCUT2D eigenvalue weighted by molar-refractivity contribution is 4.74. The molecule has 0 spiro atoms. The molecule has 0 saturated heterocycles. The average molecular weight is 160 g/mol. The lowest BCUT2D eigenvalue weighted by atomic mass is 10.1. The first-order valence-electron chi connectivity index (χ1n) is 4.11. The Bertz CT molecular complexity index is 96.1. The maximum Gasteiger partial charge on any atom is 0.0703 e. The lowest BCUT2D eigenvalue weighted by molar-refractivity contribution is 0.112. The van der Waals surface area contributed by atoms with E-state index in [1.54, 1.807) is 0 Å². The molecule has 0 radical (unpaired) electrons. The molecule has 0 aliphatic carbocycles. The Morgan fingerprint density at radius 1 is 1.45 bits per heavy atom. The number of hydrogen-bond donors (Lipinski definition) is 2. The molecule has 2 atom stereocenters. The van der Waals surface area contributed by atoms with E-state index in [-0.39, 0.29) is 12.1 Å². The molecule has 0 bridgehead atoms. The van der Waals surface area contributed by atoms with Gasteiger partial charge in [0.05, 0.1) is 6.10 Å². The fraction of sp³-hybridized carbons (Fsp3) is 1.00. The number of aliphatic hydroxyl groups is 1. The minimum absolute atomic E-state index is 0.190. The molecular formula is C8H20N2O. The van der Waals surface area contributed by atoms with Crippen molar-refractivity contribution in [1.82, 2.24) is 10.2 Å². The van der Waals surface area contributed by atoms with Crippen molar-refractivity contribution in [2.45, 2.75) is 25.5 Å². The predicted molar refractivity (Wildman–Crippen MR) is 47.7 cm³/mol. The van der Waals surface area contributed by atoms with Gasteiger partial charge in [0.1, 0.15) is 0 Å². The van der Waals surface area contributed by atoms with E-state index < -0.39 is 0 Å². The van der Waals surface area contributed by atoms with Crippen molar-refractivity contribution < 1.29 is 5.11 Å². The molecule has 11 heavy (non-hydrogen) atoms. The summed E-state index contributed by atoms with van der Waals surface area (Å²) in [5.41, 5.74) is 0. The standard InChI is InChI=1S/C8H20N2O/c1-5-8(11)7(9-2)6-10(3)4/h7-9,11H,5-6H2,1-4H3. The second-order valence-corrected chi connectivity index (χ2v) is 3.13. The van der Waals surface area contributed by atoms with Crippen molar-refractivity contribution in [2.24, 2.45) is 0 Å². The van der Waals surface area contributed by atoms with Gasteiger partial charge in [-0.1, -0.05) is 6.92 Å². The van der Waals surface area contributed by atoms with Crippen LogP contribution in [0.3, 0.4) is 0 Å². The summed E-state index contributed by atoms with van der Waals surface area (Å²) in [6.07, 6.45) is 0.571. The highest BCUT2D eigenvalue weighted by Crippen LogP contribution is 1.98. The molecule has 0 amide bonds. The number of rotatable bonds is 5. The first kappa shape index (κ1) is 10.9. The van der Waals surface area contributed by atoms with Crippen molar-refractivity contribution in [3.05, 3.63) is 0 Å². The zero-order valence-corrected chi connectivity index (χ0v) is 7.96. The molecule has 2 N–H and O–H groups in total. The molecule has 0 heterocycles. The van der Waals surface area contributed by atoms with Gasteiger partial charge in [0.25, 0.3) is 0 Å². The van der Waals surface area contributed by atoms with Gasteiger partial charge in [0, 0.05) is 12.6 Å². The van der Waals surface area contributed by atoms with Crippen LogP contribution in [0.2, 0.25) is 0 Å². The van der Waals surface area contributed by atoms with E-state index in [1.807, 2.05) is 28.1 Å². The number of likely N-dealkylation sites (N-methyl/N-ethyl adjacent to an activating group) is 2. The molecule has 2 unspecified atom stereocenters. The number of nitrogens with zero attached hydrogens (tertiary/aromatic N) is 1. The maximum absolute atomic E-state index is 9.48. The molecule has 0 aromatic heterocycles. The first-order valence-corrected chi connectivity index (χ1v) is 4.11. The van der Waals surface area contributed by atoms with E-state index in [0.717, 1.165) is 13.0 Å². The Morgan fingerprint density at radius 2 is 2.00 bits per heavy atom. The van der Waals surface area contributed by atoms with Crippen LogP contribution in [0.1, 0.15) is 13.3 Å². The topological polar surface area (TPSA) is 35.5 Å². The molecule has 0 fully saturated rings. The zero-order valence-electron chi connectivity index (χ0n) is 7.96. The molecule has 68 valence electrons. The maximum atomic E-state index is 9.48. The summed E-state index contributed by atoms with van der Waals surface area (Å²) < 4.78 is 0. The van der Waals surface area contributed by atoms with E-state index >= 15 is 0 Å². The summed E-state index contributed by atoms with van der Waals surface area (Å²) in [5.74, 6) is 0. The lowest BCUT2D eigenvalue weighted by Crippen LogP contribution is -2.44. The fourth-order valence-corrected chi connectivity index (χ4v) is 1.08. The van der Waals surface area contributed by atoms with E-state index in [4.69, 9.17) is 0 Å². The Balaban J connectivity index is 3.74. The Labute approximate surface area is 69.4 Å². The summed E-state index contributed by atoms with van der Waals surface area (Å²) in [6.45, 7) is 2.87. The van der Waals surface area contributed by atoms with Crippen LogP contribution in [0.5, 0.6) is 0 Å². The van der Waals surface area contributed by atoms with Crippen LogP contribution in [0, 0.1) is 0 Å². The van der Waals surface area contributed by atoms with Crippen LogP contribution in [-0.2, 0) is 0 Å². The highest BCUT2D eigenvalue weighted by atomic mass is 16.3. The van der Waals surface area contributed by atoms with E-state index in [2.05, 4.69) is 10.2 Å². The van der Waals surface area contributed by atoms with Crippen LogP contribution >= 0.6 is 0 Å². The van der Waals surface area contributed by atoms with Crippen molar-refractivity contribution in [3.8, 4) is 0 Å². The number of hydrogen-bond acceptors (Lipinski definition) is 3. The van der Waals surface area contributed by atoms with Crippen molar-refractivity contribution in [1.29, 1.82) is 0 Å². The molecule has 0 saturated carbocycles. The zero-order chi connectivity index (χ0) is 8.85. The van der Waals surface area contributed by atoms with Crippen LogP contribution in [-0.4, -0.2) is 49.8 Å². The van der Waals surface area contributed by atoms with Crippen molar-refractivity contribution in [3.63, 3.8) is 0 Å². The molecule has 0 aliphatic heterocycles. The highest BCUT2D eigenvalue weighted by Gasteiger charge is 2.15. The smallest absolute Gasteiger partial charge is 0.0703 e. The molecule has 3 nitrogen and oxygen atoms in total. The Morgan fingerprint density at radius 3 is 2.27 bits per heavy atom. The van der Waals surface area contributed by atoms with Crippen LogP contribution in [0.15, 0.2) is 0 Å². The minimum Gasteiger partial charge on any atom is -0.391 e. The van der Waals surface area contributed by atoms with Crippen molar-refractivity contribution in [2.75, 3.05) is 27.7 Å². The van der Waals surface area contributed by atoms with Gasteiger partial charge >= 0.3 is 0 Å². The third-order valence-electron chi connectivity index (χ3n) is 1.82. The monoisotopic (exact) mass is 160 g/mol. The minimum atomic E-state index is -0.234. The molecule has 0 rings (SSSR count). The van der Waals surface area contributed by atoms with E-state index in [1.165, 1.54) is 0 Å². The molecule has 0 aromatic carbocycles. The van der Waals surface area contributed by atoms with E-state index in [9.17, 15) is 5.11 Å². The average Bonchev–Trinajstić information content (AvgIpc) is 1.98. The Hall–Kier alpha value is -0.120. The van der Waals surface area contributed by atoms with Crippen LogP contribution in [0.4, 0.5) is 0 Å². The normalized spacial score (nSPS) is 16.9. The summed E-state index contributed by atoms with van der Waals surface area (Å²) in [6, 6.07) is 0.190. The summed E-state index contributed by atoms with van der Waals surface area (Å²) in [5, 5.41) is 12.6. The van der Waals surface area contributed by atoms with Gasteiger partial charge in [-0.05, 0) is 27.6 Å². The second kappa shape index (κ2) is 5.52. The molecule has 3 heteroatoms. The van der Waals surface area contributed by atoms with Gasteiger partial charge in [-0.25, -0.2) is 0 Å². The molecule has 0 aliphatic rings. The third kappa shape index (κ3) is 4.35. The first-order chi connectivity index (χ1) is 5.11. The second-order valence-electron chi connectivity index (χ2n) is 3.13. The SMILES string of the molecule is CCC(O)C(CN(C)C)NC. The number of nitrogens with one attached hydrogen (secondary N) is 1. The number of aliphatic hydroxyl groups excluding tert-OH is 1. The van der Waals surface area contributed by atoms with Crippen LogP contribution in [0.25, 0.3) is 0 Å². The summed E-state index contributed by atoms with van der Waals surface area (Å²) in [4.78, 5) is 2.07. The van der Waals surface area contributed by atoms with Gasteiger partial charge in [0.15, 0.2) is 0 Å². The van der Waals surface area contributed by atoms with Crippen LogP contribution < -0.4 is 5.32 Å². The largest absolute Gasteiger partial charge is 0.391 e. The quantitative estimate of drug-likeness (QED) is 0.590. The Kier molecular flexibility index (Phi) is 5.46. The van der Waals surface area contributed by atoms with Crippen molar-refractivity contribution >= 4 is 0 Å².